The van der Waals surface area contributed by atoms with Gasteiger partial charge in [0.1, 0.15) is 0 Å². The monoisotopic (exact) mass is 278 g/mol. The third kappa shape index (κ3) is 4.07. The van der Waals surface area contributed by atoms with E-state index in [1.807, 2.05) is 0 Å². The van der Waals surface area contributed by atoms with Gasteiger partial charge in [-0.05, 0) is 37.9 Å². The van der Waals surface area contributed by atoms with Crippen molar-refractivity contribution in [3.63, 3.8) is 0 Å². The zero-order valence-corrected chi connectivity index (χ0v) is 12.5. The van der Waals surface area contributed by atoms with E-state index < -0.39 is 0 Å². The molecule has 1 N–H and O–H groups in total. The molecule has 1 aliphatic rings. The highest BCUT2D eigenvalue weighted by Crippen LogP contribution is 2.20. The molecule has 0 bridgehead atoms. The number of hydrogen-bond donors (Lipinski definition) is 1. The number of nitrogens with zero attached hydrogens (tertiary/aromatic N) is 1. The van der Waals surface area contributed by atoms with Crippen LogP contribution < -0.4 is 5.32 Å². The summed E-state index contributed by atoms with van der Waals surface area (Å²) < 4.78 is 0. The smallest absolute Gasteiger partial charge is 0.0449 e. The number of hydrogen-bond acceptors (Lipinski definition) is 2. The summed E-state index contributed by atoms with van der Waals surface area (Å²) in [5, 5.41) is 3.66. The molecule has 0 radical (unpaired) electrons. The highest BCUT2D eigenvalue weighted by molar-refractivity contribution is 6.25. The molecule has 1 fully saturated rings. The maximum atomic E-state index is 5.81. The molecule has 1 saturated heterocycles. The summed E-state index contributed by atoms with van der Waals surface area (Å²) >= 11 is 5.81. The number of rotatable bonds is 3. The zero-order valence-electron chi connectivity index (χ0n) is 11.8. The second-order valence-corrected chi connectivity index (χ2v) is 5.66. The van der Waals surface area contributed by atoms with Gasteiger partial charge in [-0.25, -0.2) is 0 Å². The normalized spacial score (nSPS) is 26.2. The predicted molar refractivity (Wildman–Crippen MR) is 82.4 cm³/mol. The summed E-state index contributed by atoms with van der Waals surface area (Å²) in [6.45, 7) is 7.45. The van der Waals surface area contributed by atoms with E-state index in [-0.39, 0.29) is 0 Å². The average Bonchev–Trinajstić information content (AvgIpc) is 2.62. The molecule has 1 aliphatic heterocycles. The first-order chi connectivity index (χ1) is 9.20. The van der Waals surface area contributed by atoms with Crippen molar-refractivity contribution in [3.05, 3.63) is 47.0 Å². The molecule has 1 aromatic carbocycles. The van der Waals surface area contributed by atoms with Crippen molar-refractivity contribution in [2.75, 3.05) is 19.6 Å². The average molecular weight is 279 g/mol. The van der Waals surface area contributed by atoms with Gasteiger partial charge in [-0.3, -0.25) is 4.90 Å². The second-order valence-electron chi connectivity index (χ2n) is 5.44. The summed E-state index contributed by atoms with van der Waals surface area (Å²) in [6, 6.07) is 11.7. The van der Waals surface area contributed by atoms with Crippen LogP contribution in [0.2, 0.25) is 0 Å². The highest BCUT2D eigenvalue weighted by atomic mass is 35.5. The van der Waals surface area contributed by atoms with Gasteiger partial charge in [0.25, 0.3) is 0 Å². The first-order valence-corrected chi connectivity index (χ1v) is 7.42. The molecule has 2 rings (SSSR count). The lowest BCUT2D eigenvalue weighted by Crippen LogP contribution is -2.36. The van der Waals surface area contributed by atoms with E-state index in [9.17, 15) is 0 Å². The van der Waals surface area contributed by atoms with E-state index in [1.54, 1.807) is 5.54 Å². The van der Waals surface area contributed by atoms with E-state index in [2.05, 4.69) is 54.4 Å². The van der Waals surface area contributed by atoms with Crippen LogP contribution in [0.5, 0.6) is 0 Å². The van der Waals surface area contributed by atoms with Crippen molar-refractivity contribution >= 4 is 11.6 Å². The predicted octanol–water partition coefficient (Wildman–Crippen LogP) is 3.55. The Kier molecular flexibility index (Phi) is 5.44. The van der Waals surface area contributed by atoms with E-state index in [1.165, 1.54) is 17.6 Å². The Morgan fingerprint density at radius 1 is 1.42 bits per heavy atom. The van der Waals surface area contributed by atoms with Crippen LogP contribution in [-0.2, 0) is 0 Å². The van der Waals surface area contributed by atoms with Crippen molar-refractivity contribution < 1.29 is 0 Å². The molecule has 2 unspecified atom stereocenters. The Morgan fingerprint density at radius 3 is 2.84 bits per heavy atom. The highest BCUT2D eigenvalue weighted by Gasteiger charge is 2.23. The Morgan fingerprint density at radius 2 is 2.16 bits per heavy atom. The van der Waals surface area contributed by atoms with Gasteiger partial charge in [-0.2, -0.15) is 0 Å². The lowest BCUT2D eigenvalue weighted by molar-refractivity contribution is 0.222. The zero-order chi connectivity index (χ0) is 13.7. The topological polar surface area (TPSA) is 15.3 Å². The van der Waals surface area contributed by atoms with Crippen molar-refractivity contribution in [2.45, 2.75) is 32.4 Å². The van der Waals surface area contributed by atoms with E-state index >= 15 is 0 Å². The molecule has 0 spiro atoms. The van der Waals surface area contributed by atoms with Gasteiger partial charge in [-0.1, -0.05) is 41.9 Å². The summed E-state index contributed by atoms with van der Waals surface area (Å²) in [4.78, 5) is 2.52. The fourth-order valence-corrected chi connectivity index (χ4v) is 2.68. The van der Waals surface area contributed by atoms with Crippen LogP contribution in [0.1, 0.15) is 31.9 Å². The van der Waals surface area contributed by atoms with Gasteiger partial charge in [0.05, 0.1) is 0 Å². The molecule has 0 aliphatic carbocycles. The van der Waals surface area contributed by atoms with Crippen LogP contribution in [0, 0.1) is 0 Å². The van der Waals surface area contributed by atoms with Crippen molar-refractivity contribution in [2.24, 2.45) is 0 Å². The molecular weight excluding hydrogens is 256 g/mol. The van der Waals surface area contributed by atoms with Gasteiger partial charge < -0.3 is 5.32 Å². The van der Waals surface area contributed by atoms with Crippen molar-refractivity contribution in [1.82, 2.24) is 10.2 Å². The molecule has 0 saturated carbocycles. The Hall–Kier alpha value is -0.830. The SMILES string of the molecule is C/C(=C\Cl)CN1CC(c2ccccc2)NCCC1C. The first kappa shape index (κ1) is 14.6. The number of halogens is 1. The molecule has 1 heterocycles. The summed E-state index contributed by atoms with van der Waals surface area (Å²) in [6.07, 6.45) is 1.18. The molecule has 3 heteroatoms. The van der Waals surface area contributed by atoms with Gasteiger partial charge in [-0.15, -0.1) is 0 Å². The first-order valence-electron chi connectivity index (χ1n) is 6.99. The van der Waals surface area contributed by atoms with Gasteiger partial charge in [0.2, 0.25) is 0 Å². The van der Waals surface area contributed by atoms with Crippen LogP contribution >= 0.6 is 11.6 Å². The van der Waals surface area contributed by atoms with Gasteiger partial charge in [0, 0.05) is 30.7 Å². The summed E-state index contributed by atoms with van der Waals surface area (Å²) in [5.74, 6) is 0. The Bertz CT molecular complexity index is 416. The maximum absolute atomic E-state index is 5.81. The minimum Gasteiger partial charge on any atom is -0.309 e. The fraction of sp³-hybridized carbons (Fsp3) is 0.500. The quantitative estimate of drug-likeness (QED) is 0.910. The largest absolute Gasteiger partial charge is 0.309 e. The third-order valence-corrected chi connectivity index (χ3v) is 4.21. The molecule has 2 nitrogen and oxygen atoms in total. The summed E-state index contributed by atoms with van der Waals surface area (Å²) in [7, 11) is 0. The number of nitrogens with one attached hydrogen (secondary N) is 1. The van der Waals surface area contributed by atoms with Crippen molar-refractivity contribution in [3.8, 4) is 0 Å². The van der Waals surface area contributed by atoms with Crippen LogP contribution in [0.25, 0.3) is 0 Å². The Balaban J connectivity index is 2.10. The van der Waals surface area contributed by atoms with E-state index in [0.717, 1.165) is 19.6 Å². The minimum absolute atomic E-state index is 0.411. The third-order valence-electron chi connectivity index (χ3n) is 3.83. The fourth-order valence-electron chi connectivity index (χ4n) is 2.61. The van der Waals surface area contributed by atoms with Crippen molar-refractivity contribution in [1.29, 1.82) is 0 Å². The lowest BCUT2D eigenvalue weighted by Gasteiger charge is -2.29. The van der Waals surface area contributed by atoms with Crippen LogP contribution in [0.4, 0.5) is 0 Å². The molecule has 1 aromatic rings. The van der Waals surface area contributed by atoms with E-state index in [4.69, 9.17) is 11.6 Å². The molecule has 0 amide bonds. The van der Waals surface area contributed by atoms with Crippen LogP contribution in [-0.4, -0.2) is 30.6 Å². The molecular formula is C16H23ClN2. The molecule has 104 valence electrons. The van der Waals surface area contributed by atoms with Crippen LogP contribution in [0.3, 0.4) is 0 Å². The van der Waals surface area contributed by atoms with Gasteiger partial charge >= 0.3 is 0 Å². The van der Waals surface area contributed by atoms with E-state index in [0.29, 0.717) is 12.1 Å². The second kappa shape index (κ2) is 7.09. The lowest BCUT2D eigenvalue weighted by atomic mass is 10.1. The molecule has 19 heavy (non-hydrogen) atoms. The van der Waals surface area contributed by atoms with Gasteiger partial charge in [0.15, 0.2) is 0 Å². The Labute approximate surface area is 121 Å². The van der Waals surface area contributed by atoms with Crippen LogP contribution in [0.15, 0.2) is 41.4 Å². The molecule has 2 atom stereocenters. The molecule has 0 aromatic heterocycles. The minimum atomic E-state index is 0.411. The number of benzene rings is 1. The summed E-state index contributed by atoms with van der Waals surface area (Å²) in [5.41, 5.74) is 4.29. The maximum Gasteiger partial charge on any atom is 0.0449 e. The standard InChI is InChI=1S/C16H23ClN2/c1-13(10-17)11-19-12-16(18-9-8-14(19)2)15-6-4-3-5-7-15/h3-7,10,14,16,18H,8-9,11-12H2,1-2H3/b13-10+.